The van der Waals surface area contributed by atoms with Crippen molar-refractivity contribution in [3.8, 4) is 11.8 Å². The van der Waals surface area contributed by atoms with E-state index in [4.69, 9.17) is 9.84 Å². The molecule has 1 aliphatic rings. The molecule has 0 aliphatic carbocycles. The number of hydrogen-bond acceptors (Lipinski definition) is 2. The second kappa shape index (κ2) is 13.4. The number of rotatable bonds is 14. The van der Waals surface area contributed by atoms with Gasteiger partial charge in [0, 0.05) is 12.8 Å². The number of carboxylic acids is 1. The van der Waals surface area contributed by atoms with Crippen LogP contribution in [0.25, 0.3) is 0 Å². The van der Waals surface area contributed by atoms with Gasteiger partial charge in [0.2, 0.25) is 0 Å². The second-order valence-electron chi connectivity index (χ2n) is 6.63. The average Bonchev–Trinajstić information content (AvgIpc) is 3.26. The third-order valence-corrected chi connectivity index (χ3v) is 4.36. The van der Waals surface area contributed by atoms with E-state index in [1.807, 2.05) is 0 Å². The summed E-state index contributed by atoms with van der Waals surface area (Å²) in [7, 11) is 0. The quantitative estimate of drug-likeness (QED) is 0.267. The zero-order chi connectivity index (χ0) is 16.8. The third-order valence-electron chi connectivity index (χ3n) is 4.36. The molecule has 3 nitrogen and oxygen atoms in total. The van der Waals surface area contributed by atoms with Crippen LogP contribution in [0.15, 0.2) is 0 Å². The summed E-state index contributed by atoms with van der Waals surface area (Å²) in [5.74, 6) is 5.64. The van der Waals surface area contributed by atoms with Crippen molar-refractivity contribution in [2.24, 2.45) is 0 Å². The van der Waals surface area contributed by atoms with Gasteiger partial charge in [0.15, 0.2) is 0 Å². The molecule has 1 aliphatic heterocycles. The van der Waals surface area contributed by atoms with Crippen LogP contribution in [-0.2, 0) is 9.53 Å². The molecule has 23 heavy (non-hydrogen) atoms. The van der Waals surface area contributed by atoms with Crippen molar-refractivity contribution >= 4 is 5.97 Å². The molecular weight excluding hydrogens is 288 g/mol. The lowest BCUT2D eigenvalue weighted by Crippen LogP contribution is -1.97. The first kappa shape index (κ1) is 20.0. The van der Waals surface area contributed by atoms with Gasteiger partial charge in [-0.05, 0) is 19.3 Å². The maximum atomic E-state index is 10.4. The second-order valence-corrected chi connectivity index (χ2v) is 6.63. The Morgan fingerprint density at radius 2 is 1.57 bits per heavy atom. The molecule has 0 bridgehead atoms. The molecule has 0 saturated carbocycles. The largest absolute Gasteiger partial charge is 0.481 e. The molecule has 0 spiro atoms. The summed E-state index contributed by atoms with van der Waals surface area (Å²) in [6.07, 6.45) is 16.5. The van der Waals surface area contributed by atoms with E-state index >= 15 is 0 Å². The van der Waals surface area contributed by atoms with E-state index in [1.54, 1.807) is 0 Å². The predicted molar refractivity (Wildman–Crippen MR) is 94.4 cm³/mol. The lowest BCUT2D eigenvalue weighted by atomic mass is 10.1. The molecular formula is C20H34O3. The zero-order valence-electron chi connectivity index (χ0n) is 14.8. The molecule has 0 radical (unpaired) electrons. The van der Waals surface area contributed by atoms with Gasteiger partial charge in [-0.25, -0.2) is 0 Å². The van der Waals surface area contributed by atoms with Gasteiger partial charge < -0.3 is 9.84 Å². The Hall–Kier alpha value is -1.01. The van der Waals surface area contributed by atoms with Crippen LogP contribution in [0.2, 0.25) is 0 Å². The Kier molecular flexibility index (Phi) is 11.7. The molecule has 1 saturated heterocycles. The van der Waals surface area contributed by atoms with Gasteiger partial charge in [0.1, 0.15) is 6.10 Å². The fourth-order valence-electron chi connectivity index (χ4n) is 2.82. The summed E-state index contributed by atoms with van der Waals surface area (Å²) in [5.41, 5.74) is 0. The Morgan fingerprint density at radius 3 is 2.17 bits per heavy atom. The van der Waals surface area contributed by atoms with Crippen LogP contribution in [0, 0.1) is 11.8 Å². The first-order valence-electron chi connectivity index (χ1n) is 9.59. The summed E-state index contributed by atoms with van der Waals surface area (Å²) in [5, 5.41) is 8.57. The molecule has 3 heteroatoms. The van der Waals surface area contributed by atoms with Crippen molar-refractivity contribution in [2.45, 2.75) is 109 Å². The number of carboxylic acid groups (broad SMARTS) is 1. The average molecular weight is 322 g/mol. The smallest absolute Gasteiger partial charge is 0.303 e. The topological polar surface area (TPSA) is 49.8 Å². The van der Waals surface area contributed by atoms with Crippen molar-refractivity contribution in [1.82, 2.24) is 0 Å². The van der Waals surface area contributed by atoms with Crippen molar-refractivity contribution < 1.29 is 14.6 Å². The van der Waals surface area contributed by atoms with Crippen LogP contribution in [0.1, 0.15) is 96.8 Å². The van der Waals surface area contributed by atoms with Gasteiger partial charge in [-0.1, -0.05) is 70.6 Å². The van der Waals surface area contributed by atoms with Crippen LogP contribution < -0.4 is 0 Å². The van der Waals surface area contributed by atoms with Crippen LogP contribution in [-0.4, -0.2) is 23.3 Å². The molecule has 132 valence electrons. The summed E-state index contributed by atoms with van der Waals surface area (Å²) < 4.78 is 5.43. The lowest BCUT2D eigenvalue weighted by molar-refractivity contribution is -0.137. The highest BCUT2D eigenvalue weighted by Crippen LogP contribution is 2.26. The fraction of sp³-hybridized carbons (Fsp3) is 0.850. The number of epoxide rings is 1. The number of aliphatic carboxylic acids is 1. The first-order valence-corrected chi connectivity index (χ1v) is 9.59. The van der Waals surface area contributed by atoms with Gasteiger partial charge in [0.05, 0.1) is 6.10 Å². The van der Waals surface area contributed by atoms with Crippen molar-refractivity contribution in [3.63, 3.8) is 0 Å². The Balaban J connectivity index is 1.81. The van der Waals surface area contributed by atoms with Crippen LogP contribution in [0.3, 0.4) is 0 Å². The highest BCUT2D eigenvalue weighted by atomic mass is 16.6. The maximum Gasteiger partial charge on any atom is 0.303 e. The molecule has 1 fully saturated rings. The first-order chi connectivity index (χ1) is 11.2. The van der Waals surface area contributed by atoms with Gasteiger partial charge in [-0.15, -0.1) is 5.92 Å². The van der Waals surface area contributed by atoms with Crippen molar-refractivity contribution in [3.05, 3.63) is 0 Å². The fourth-order valence-corrected chi connectivity index (χ4v) is 2.82. The van der Waals surface area contributed by atoms with E-state index in [9.17, 15) is 4.79 Å². The van der Waals surface area contributed by atoms with E-state index in [0.29, 0.717) is 6.42 Å². The Bertz CT molecular complexity index is 367. The molecule has 1 heterocycles. The molecule has 0 aromatic heterocycles. The predicted octanol–water partition coefficient (Wildman–Crippen LogP) is 5.32. The molecule has 1 N–H and O–H groups in total. The van der Waals surface area contributed by atoms with E-state index in [2.05, 4.69) is 18.8 Å². The van der Waals surface area contributed by atoms with E-state index in [0.717, 1.165) is 12.8 Å². The summed E-state index contributed by atoms with van der Waals surface area (Å²) >= 11 is 0. The standard InChI is InChI=1S/C20H34O3/c1-2-3-4-5-6-7-8-9-10-11-12-13-15-18-19(23-18)16-14-17-20(21)22/h18-19H,2-12,14,16-17H2,1H3,(H,21,22)/t18-,19-/m0/s1. The molecule has 0 amide bonds. The molecule has 0 unspecified atom stereocenters. The zero-order valence-corrected chi connectivity index (χ0v) is 14.8. The monoisotopic (exact) mass is 322 g/mol. The van der Waals surface area contributed by atoms with E-state index in [-0.39, 0.29) is 18.6 Å². The number of unbranched alkanes of at least 4 members (excludes halogenated alkanes) is 10. The summed E-state index contributed by atoms with van der Waals surface area (Å²) in [6, 6.07) is 0. The van der Waals surface area contributed by atoms with Gasteiger partial charge in [-0.3, -0.25) is 4.79 Å². The third kappa shape index (κ3) is 12.1. The van der Waals surface area contributed by atoms with Gasteiger partial charge >= 0.3 is 5.97 Å². The minimum atomic E-state index is -0.728. The summed E-state index contributed by atoms with van der Waals surface area (Å²) in [6.45, 7) is 2.26. The highest BCUT2D eigenvalue weighted by molar-refractivity contribution is 5.66. The Morgan fingerprint density at radius 1 is 0.957 bits per heavy atom. The van der Waals surface area contributed by atoms with E-state index in [1.165, 1.54) is 64.2 Å². The van der Waals surface area contributed by atoms with Crippen LogP contribution >= 0.6 is 0 Å². The molecule has 1 rings (SSSR count). The Labute approximate surface area is 142 Å². The highest BCUT2D eigenvalue weighted by Gasteiger charge is 2.36. The minimum absolute atomic E-state index is 0.0758. The molecule has 2 atom stereocenters. The SMILES string of the molecule is CCCCCCCCCCCCC#C[C@@H]1O[C@H]1CCCC(=O)O. The van der Waals surface area contributed by atoms with Crippen molar-refractivity contribution in [1.29, 1.82) is 0 Å². The number of ether oxygens (including phenoxy) is 1. The molecule has 0 aromatic rings. The molecule has 0 aromatic carbocycles. The minimum Gasteiger partial charge on any atom is -0.481 e. The van der Waals surface area contributed by atoms with Crippen LogP contribution in [0.5, 0.6) is 0 Å². The number of hydrogen-bond donors (Lipinski definition) is 1. The normalized spacial score (nSPS) is 19.2. The number of carbonyl (C=O) groups is 1. The maximum absolute atomic E-state index is 10.4. The lowest BCUT2D eigenvalue weighted by Gasteiger charge is -2.00. The van der Waals surface area contributed by atoms with Gasteiger partial charge in [-0.2, -0.15) is 0 Å². The van der Waals surface area contributed by atoms with Crippen molar-refractivity contribution in [2.75, 3.05) is 0 Å². The van der Waals surface area contributed by atoms with Gasteiger partial charge in [0.25, 0.3) is 0 Å². The van der Waals surface area contributed by atoms with E-state index < -0.39 is 5.97 Å². The summed E-state index contributed by atoms with van der Waals surface area (Å²) in [4.78, 5) is 10.4. The van der Waals surface area contributed by atoms with Crippen LogP contribution in [0.4, 0.5) is 0 Å².